The quantitative estimate of drug-likeness (QED) is 0.903. The minimum Gasteiger partial charge on any atom is -0.480 e. The molecule has 1 amide bonds. The highest BCUT2D eigenvalue weighted by Gasteiger charge is 2.39. The number of rotatable bonds is 5. The Hall–Kier alpha value is -1.95. The molecule has 3 unspecified atom stereocenters. The first-order valence-corrected chi connectivity index (χ1v) is 7.23. The molecule has 0 spiro atoms. The standard InChI is InChI=1S/C16H20FNO4/c1-10(11-4-3-5-12(17)7-11)6-15(19)18-9-13(22-2)8-14(18)16(20)21/h3-5,7,10,13-14H,6,8-9H2,1-2H3,(H,20,21). The number of hydrogen-bond donors (Lipinski definition) is 1. The molecule has 3 atom stereocenters. The molecular weight excluding hydrogens is 289 g/mol. The molecule has 0 radical (unpaired) electrons. The van der Waals surface area contributed by atoms with Crippen LogP contribution in [0.1, 0.15) is 31.2 Å². The van der Waals surface area contributed by atoms with Gasteiger partial charge in [0, 0.05) is 26.5 Å². The molecule has 1 fully saturated rings. The van der Waals surface area contributed by atoms with Crippen LogP contribution in [0.4, 0.5) is 4.39 Å². The number of likely N-dealkylation sites (tertiary alicyclic amines) is 1. The highest BCUT2D eigenvalue weighted by atomic mass is 19.1. The first-order valence-electron chi connectivity index (χ1n) is 7.23. The first-order chi connectivity index (χ1) is 10.4. The Morgan fingerprint density at radius 1 is 1.50 bits per heavy atom. The Morgan fingerprint density at radius 3 is 2.82 bits per heavy atom. The van der Waals surface area contributed by atoms with E-state index in [4.69, 9.17) is 4.74 Å². The summed E-state index contributed by atoms with van der Waals surface area (Å²) in [6, 6.07) is 5.26. The third-order valence-corrected chi connectivity index (χ3v) is 4.10. The van der Waals surface area contributed by atoms with Gasteiger partial charge < -0.3 is 14.7 Å². The van der Waals surface area contributed by atoms with Crippen LogP contribution in [-0.4, -0.2) is 47.7 Å². The number of amides is 1. The second-order valence-corrected chi connectivity index (χ2v) is 5.65. The number of carbonyl (C=O) groups is 2. The van der Waals surface area contributed by atoms with Crippen molar-refractivity contribution in [3.63, 3.8) is 0 Å². The lowest BCUT2D eigenvalue weighted by Crippen LogP contribution is -2.41. The molecule has 1 aromatic carbocycles. The van der Waals surface area contributed by atoms with E-state index in [2.05, 4.69) is 0 Å². The molecule has 1 aliphatic heterocycles. The minimum atomic E-state index is -1.02. The Labute approximate surface area is 128 Å². The molecule has 6 heteroatoms. The zero-order valence-corrected chi connectivity index (χ0v) is 12.7. The first kappa shape index (κ1) is 16.4. The van der Waals surface area contributed by atoms with Crippen LogP contribution >= 0.6 is 0 Å². The fourth-order valence-electron chi connectivity index (χ4n) is 2.79. The molecule has 1 aliphatic rings. The van der Waals surface area contributed by atoms with Crippen molar-refractivity contribution in [2.75, 3.05) is 13.7 Å². The van der Waals surface area contributed by atoms with Crippen LogP contribution in [0.15, 0.2) is 24.3 Å². The summed E-state index contributed by atoms with van der Waals surface area (Å²) in [7, 11) is 1.51. The van der Waals surface area contributed by atoms with Crippen molar-refractivity contribution in [3.05, 3.63) is 35.6 Å². The number of carbonyl (C=O) groups excluding carboxylic acids is 1. The van der Waals surface area contributed by atoms with Gasteiger partial charge in [0.2, 0.25) is 5.91 Å². The minimum absolute atomic E-state index is 0.143. The van der Waals surface area contributed by atoms with Gasteiger partial charge in [-0.2, -0.15) is 0 Å². The van der Waals surface area contributed by atoms with E-state index in [1.807, 2.05) is 6.92 Å². The lowest BCUT2D eigenvalue weighted by atomic mass is 9.97. The lowest BCUT2D eigenvalue weighted by molar-refractivity contribution is -0.148. The maximum atomic E-state index is 13.2. The molecule has 0 aromatic heterocycles. The van der Waals surface area contributed by atoms with Gasteiger partial charge in [0.05, 0.1) is 6.10 Å². The fourth-order valence-corrected chi connectivity index (χ4v) is 2.79. The summed E-state index contributed by atoms with van der Waals surface area (Å²) in [5, 5.41) is 9.23. The van der Waals surface area contributed by atoms with E-state index in [0.717, 1.165) is 5.56 Å². The molecule has 1 aromatic rings. The lowest BCUT2D eigenvalue weighted by Gasteiger charge is -2.23. The average molecular weight is 309 g/mol. The van der Waals surface area contributed by atoms with Gasteiger partial charge in [0.15, 0.2) is 0 Å². The Bertz CT molecular complexity index is 563. The average Bonchev–Trinajstić information content (AvgIpc) is 2.91. The van der Waals surface area contributed by atoms with Crippen LogP contribution in [0.5, 0.6) is 0 Å². The van der Waals surface area contributed by atoms with Crippen molar-refractivity contribution in [1.82, 2.24) is 4.90 Å². The predicted molar refractivity (Wildman–Crippen MR) is 78.0 cm³/mol. The number of methoxy groups -OCH3 is 1. The highest BCUT2D eigenvalue weighted by molar-refractivity contribution is 5.84. The van der Waals surface area contributed by atoms with Gasteiger partial charge in [-0.15, -0.1) is 0 Å². The van der Waals surface area contributed by atoms with E-state index in [0.29, 0.717) is 6.42 Å². The second kappa shape index (κ2) is 6.87. The molecule has 0 bridgehead atoms. The largest absolute Gasteiger partial charge is 0.480 e. The predicted octanol–water partition coefficient (Wildman–Crippen LogP) is 2.02. The number of aliphatic carboxylic acids is 1. The topological polar surface area (TPSA) is 66.8 Å². The van der Waals surface area contributed by atoms with Crippen molar-refractivity contribution in [2.45, 2.75) is 37.8 Å². The second-order valence-electron chi connectivity index (χ2n) is 5.65. The summed E-state index contributed by atoms with van der Waals surface area (Å²) >= 11 is 0. The van der Waals surface area contributed by atoms with E-state index in [1.54, 1.807) is 12.1 Å². The van der Waals surface area contributed by atoms with Crippen LogP contribution in [0, 0.1) is 5.82 Å². The van der Waals surface area contributed by atoms with E-state index in [1.165, 1.54) is 24.1 Å². The van der Waals surface area contributed by atoms with Gasteiger partial charge >= 0.3 is 5.97 Å². The van der Waals surface area contributed by atoms with Crippen LogP contribution in [-0.2, 0) is 14.3 Å². The van der Waals surface area contributed by atoms with Gasteiger partial charge in [0.1, 0.15) is 11.9 Å². The highest BCUT2D eigenvalue weighted by Crippen LogP contribution is 2.25. The zero-order valence-electron chi connectivity index (χ0n) is 12.7. The van der Waals surface area contributed by atoms with Gasteiger partial charge in [0.25, 0.3) is 0 Å². The summed E-state index contributed by atoms with van der Waals surface area (Å²) in [6.07, 6.45) is 0.185. The molecule has 22 heavy (non-hydrogen) atoms. The number of carboxylic acid groups (broad SMARTS) is 1. The number of halogens is 1. The van der Waals surface area contributed by atoms with E-state index in [-0.39, 0.29) is 36.7 Å². The number of benzene rings is 1. The van der Waals surface area contributed by atoms with Crippen molar-refractivity contribution >= 4 is 11.9 Å². The van der Waals surface area contributed by atoms with Crippen LogP contribution in [0.2, 0.25) is 0 Å². The summed E-state index contributed by atoms with van der Waals surface area (Å²) in [5.41, 5.74) is 0.725. The normalized spacial score (nSPS) is 22.6. The van der Waals surface area contributed by atoms with E-state index < -0.39 is 12.0 Å². The molecule has 1 N–H and O–H groups in total. The van der Waals surface area contributed by atoms with E-state index in [9.17, 15) is 19.1 Å². The fraction of sp³-hybridized carbons (Fsp3) is 0.500. The SMILES string of the molecule is COC1CC(C(=O)O)N(C(=O)CC(C)c2cccc(F)c2)C1. The number of nitrogens with zero attached hydrogens (tertiary/aromatic N) is 1. The van der Waals surface area contributed by atoms with Crippen molar-refractivity contribution in [3.8, 4) is 0 Å². The van der Waals surface area contributed by atoms with Crippen molar-refractivity contribution in [1.29, 1.82) is 0 Å². The van der Waals surface area contributed by atoms with Crippen molar-refractivity contribution < 1.29 is 23.8 Å². The smallest absolute Gasteiger partial charge is 0.326 e. The number of hydrogen-bond acceptors (Lipinski definition) is 3. The van der Waals surface area contributed by atoms with Crippen LogP contribution in [0.25, 0.3) is 0 Å². The van der Waals surface area contributed by atoms with Crippen molar-refractivity contribution in [2.24, 2.45) is 0 Å². The molecule has 0 aliphatic carbocycles. The Morgan fingerprint density at radius 2 is 2.23 bits per heavy atom. The van der Waals surface area contributed by atoms with Gasteiger partial charge in [-0.3, -0.25) is 4.79 Å². The third kappa shape index (κ3) is 3.62. The maximum absolute atomic E-state index is 13.2. The summed E-state index contributed by atoms with van der Waals surface area (Å²) in [5.74, 6) is -1.80. The molecule has 5 nitrogen and oxygen atoms in total. The van der Waals surface area contributed by atoms with Gasteiger partial charge in [-0.25, -0.2) is 9.18 Å². The number of ether oxygens (including phenoxy) is 1. The van der Waals surface area contributed by atoms with Gasteiger partial charge in [-0.05, 0) is 23.6 Å². The molecule has 1 saturated heterocycles. The van der Waals surface area contributed by atoms with Gasteiger partial charge in [-0.1, -0.05) is 19.1 Å². The molecule has 0 saturated carbocycles. The Balaban J connectivity index is 2.06. The zero-order chi connectivity index (χ0) is 16.3. The number of carboxylic acids is 1. The summed E-state index contributed by atoms with van der Waals surface area (Å²) < 4.78 is 18.4. The Kier molecular flexibility index (Phi) is 5.13. The summed E-state index contributed by atoms with van der Waals surface area (Å²) in [4.78, 5) is 25.0. The van der Waals surface area contributed by atoms with E-state index >= 15 is 0 Å². The molecular formula is C16H20FNO4. The van der Waals surface area contributed by atoms with Crippen LogP contribution < -0.4 is 0 Å². The monoisotopic (exact) mass is 309 g/mol. The summed E-state index contributed by atoms with van der Waals surface area (Å²) in [6.45, 7) is 2.11. The molecule has 1 heterocycles. The third-order valence-electron chi connectivity index (χ3n) is 4.10. The maximum Gasteiger partial charge on any atom is 0.326 e. The molecule has 2 rings (SSSR count). The molecule has 120 valence electrons. The van der Waals surface area contributed by atoms with Crippen LogP contribution in [0.3, 0.4) is 0 Å².